The molecule has 0 aliphatic carbocycles. The lowest BCUT2D eigenvalue weighted by atomic mass is 10.1. The molecule has 0 radical (unpaired) electrons. The van der Waals surface area contributed by atoms with Crippen LogP contribution >= 0.6 is 22.9 Å². The first kappa shape index (κ1) is 15.5. The number of hydrogen-bond donors (Lipinski definition) is 1. The largest absolute Gasteiger partial charge is 0.336 e. The number of benzene rings is 1. The number of rotatable bonds is 2. The number of nitrogens with zero attached hydrogens (tertiary/aromatic N) is 2. The standard InChI is InChI=1S/C15H18ClN3O2S/c1-9-7-18(10(2)6-17-9)14(20)8-19-12-5-11(16)3-4-13(12)22-15(19)21/h3-5,9-10,17H,6-8H2,1-2H3. The maximum Gasteiger partial charge on any atom is 0.308 e. The van der Waals surface area contributed by atoms with Crippen LogP contribution in [0, 0.1) is 0 Å². The van der Waals surface area contributed by atoms with E-state index in [1.165, 1.54) is 4.57 Å². The second kappa shape index (κ2) is 6.02. The lowest BCUT2D eigenvalue weighted by molar-refractivity contribution is -0.135. The molecule has 1 aliphatic rings. The summed E-state index contributed by atoms with van der Waals surface area (Å²) < 4.78 is 2.37. The molecule has 3 rings (SSSR count). The first-order chi connectivity index (χ1) is 10.5. The number of hydrogen-bond acceptors (Lipinski definition) is 4. The molecule has 7 heteroatoms. The van der Waals surface area contributed by atoms with Gasteiger partial charge in [-0.25, -0.2) is 0 Å². The molecule has 1 aromatic heterocycles. The van der Waals surface area contributed by atoms with Crippen LogP contribution in [0.2, 0.25) is 5.02 Å². The van der Waals surface area contributed by atoms with Crippen LogP contribution in [-0.4, -0.2) is 40.5 Å². The van der Waals surface area contributed by atoms with Crippen molar-refractivity contribution in [1.29, 1.82) is 0 Å². The summed E-state index contributed by atoms with van der Waals surface area (Å²) in [6.07, 6.45) is 0. The van der Waals surface area contributed by atoms with Gasteiger partial charge in [0.1, 0.15) is 6.54 Å². The molecular formula is C15H18ClN3O2S. The lowest BCUT2D eigenvalue weighted by Gasteiger charge is -2.37. The molecule has 1 fully saturated rings. The summed E-state index contributed by atoms with van der Waals surface area (Å²) in [5, 5.41) is 3.91. The van der Waals surface area contributed by atoms with Gasteiger partial charge >= 0.3 is 4.87 Å². The first-order valence-electron chi connectivity index (χ1n) is 7.27. The van der Waals surface area contributed by atoms with Crippen LogP contribution < -0.4 is 10.2 Å². The third-order valence-corrected chi connectivity index (χ3v) is 5.20. The topological polar surface area (TPSA) is 54.3 Å². The highest BCUT2D eigenvalue weighted by atomic mass is 35.5. The zero-order chi connectivity index (χ0) is 15.9. The predicted octanol–water partition coefficient (Wildman–Crippen LogP) is 1.93. The number of carbonyl (C=O) groups excluding carboxylic acids is 1. The van der Waals surface area contributed by atoms with E-state index in [-0.39, 0.29) is 29.4 Å². The highest BCUT2D eigenvalue weighted by Crippen LogP contribution is 2.22. The van der Waals surface area contributed by atoms with Crippen molar-refractivity contribution in [3.63, 3.8) is 0 Å². The molecular weight excluding hydrogens is 322 g/mol. The van der Waals surface area contributed by atoms with E-state index in [4.69, 9.17) is 11.6 Å². The Hall–Kier alpha value is -1.37. The maximum atomic E-state index is 12.6. The van der Waals surface area contributed by atoms with Gasteiger partial charge in [-0.1, -0.05) is 22.9 Å². The number of thiazole rings is 1. The van der Waals surface area contributed by atoms with Crippen molar-refractivity contribution in [3.8, 4) is 0 Å². The summed E-state index contributed by atoms with van der Waals surface area (Å²) in [5.74, 6) is -0.0253. The monoisotopic (exact) mass is 339 g/mol. The average Bonchev–Trinajstić information content (AvgIpc) is 2.77. The van der Waals surface area contributed by atoms with Crippen molar-refractivity contribution < 1.29 is 4.79 Å². The summed E-state index contributed by atoms with van der Waals surface area (Å²) in [7, 11) is 0. The van der Waals surface area contributed by atoms with E-state index in [0.717, 1.165) is 28.1 Å². The van der Waals surface area contributed by atoms with Gasteiger partial charge in [0.2, 0.25) is 5.91 Å². The van der Waals surface area contributed by atoms with E-state index in [0.29, 0.717) is 11.6 Å². The molecule has 0 bridgehead atoms. The molecule has 5 nitrogen and oxygen atoms in total. The van der Waals surface area contributed by atoms with Gasteiger partial charge in [-0.15, -0.1) is 0 Å². The molecule has 1 saturated heterocycles. The number of piperazine rings is 1. The molecule has 1 amide bonds. The van der Waals surface area contributed by atoms with Crippen LogP contribution in [0.4, 0.5) is 0 Å². The maximum absolute atomic E-state index is 12.6. The second-order valence-electron chi connectivity index (χ2n) is 5.77. The van der Waals surface area contributed by atoms with Crippen LogP contribution in [0.5, 0.6) is 0 Å². The van der Waals surface area contributed by atoms with E-state index in [2.05, 4.69) is 12.2 Å². The summed E-state index contributed by atoms with van der Waals surface area (Å²) >= 11 is 7.16. The molecule has 2 atom stereocenters. The summed E-state index contributed by atoms with van der Waals surface area (Å²) in [4.78, 5) is 26.5. The number of fused-ring (bicyclic) bond motifs is 1. The number of carbonyl (C=O) groups is 1. The molecule has 0 spiro atoms. The van der Waals surface area contributed by atoms with Gasteiger partial charge in [0.15, 0.2) is 0 Å². The van der Waals surface area contributed by atoms with Crippen molar-refractivity contribution in [2.45, 2.75) is 32.5 Å². The number of aromatic nitrogens is 1. The summed E-state index contributed by atoms with van der Waals surface area (Å²) in [6.45, 7) is 5.58. The Morgan fingerprint density at radius 2 is 2.23 bits per heavy atom. The van der Waals surface area contributed by atoms with Crippen molar-refractivity contribution >= 4 is 39.1 Å². The molecule has 1 N–H and O–H groups in total. The number of nitrogens with one attached hydrogen (secondary N) is 1. The van der Waals surface area contributed by atoms with Crippen LogP contribution in [0.15, 0.2) is 23.0 Å². The van der Waals surface area contributed by atoms with E-state index >= 15 is 0 Å². The first-order valence-corrected chi connectivity index (χ1v) is 8.47. The molecule has 2 aromatic rings. The fourth-order valence-electron chi connectivity index (χ4n) is 2.78. The quantitative estimate of drug-likeness (QED) is 0.909. The minimum atomic E-state index is -0.124. The molecule has 1 aliphatic heterocycles. The molecule has 2 heterocycles. The molecule has 118 valence electrons. The fraction of sp³-hybridized carbons (Fsp3) is 0.467. The van der Waals surface area contributed by atoms with Crippen molar-refractivity contribution in [1.82, 2.24) is 14.8 Å². The third-order valence-electron chi connectivity index (χ3n) is 4.01. The summed E-state index contributed by atoms with van der Waals surface area (Å²) in [5.41, 5.74) is 0.728. The summed E-state index contributed by atoms with van der Waals surface area (Å²) in [6, 6.07) is 5.72. The average molecular weight is 340 g/mol. The van der Waals surface area contributed by atoms with Crippen molar-refractivity contribution in [2.24, 2.45) is 0 Å². The third kappa shape index (κ3) is 2.91. The van der Waals surface area contributed by atoms with Gasteiger partial charge < -0.3 is 10.2 Å². The lowest BCUT2D eigenvalue weighted by Crippen LogP contribution is -2.57. The number of amides is 1. The molecule has 0 saturated carbocycles. The zero-order valence-electron chi connectivity index (χ0n) is 12.5. The Morgan fingerprint density at radius 1 is 1.45 bits per heavy atom. The normalized spacial score (nSPS) is 22.2. The van der Waals surface area contributed by atoms with Gasteiger partial charge in [0.25, 0.3) is 0 Å². The Kier molecular flexibility index (Phi) is 4.25. The SMILES string of the molecule is CC1CN(C(=O)Cn2c(=O)sc3ccc(Cl)cc32)C(C)CN1. The van der Waals surface area contributed by atoms with Crippen LogP contribution in [0.3, 0.4) is 0 Å². The predicted molar refractivity (Wildman–Crippen MR) is 89.7 cm³/mol. The number of halogens is 1. The van der Waals surface area contributed by atoms with Gasteiger partial charge in [0.05, 0.1) is 10.2 Å². The second-order valence-corrected chi connectivity index (χ2v) is 7.20. The van der Waals surface area contributed by atoms with Crippen LogP contribution in [0.25, 0.3) is 10.2 Å². The van der Waals surface area contributed by atoms with Gasteiger partial charge in [0, 0.05) is 30.2 Å². The van der Waals surface area contributed by atoms with E-state index in [1.54, 1.807) is 12.1 Å². The zero-order valence-corrected chi connectivity index (χ0v) is 14.1. The highest BCUT2D eigenvalue weighted by Gasteiger charge is 2.27. The minimum absolute atomic E-state index is 0.0253. The van der Waals surface area contributed by atoms with E-state index in [9.17, 15) is 9.59 Å². The minimum Gasteiger partial charge on any atom is -0.336 e. The van der Waals surface area contributed by atoms with Crippen molar-refractivity contribution in [3.05, 3.63) is 32.9 Å². The van der Waals surface area contributed by atoms with E-state index in [1.807, 2.05) is 17.9 Å². The smallest absolute Gasteiger partial charge is 0.308 e. The van der Waals surface area contributed by atoms with Crippen molar-refractivity contribution in [2.75, 3.05) is 13.1 Å². The van der Waals surface area contributed by atoms with Crippen LogP contribution in [0.1, 0.15) is 13.8 Å². The molecule has 2 unspecified atom stereocenters. The Balaban J connectivity index is 1.89. The van der Waals surface area contributed by atoms with Crippen LogP contribution in [-0.2, 0) is 11.3 Å². The van der Waals surface area contributed by atoms with Gasteiger partial charge in [-0.2, -0.15) is 0 Å². The fourth-order valence-corrected chi connectivity index (χ4v) is 3.82. The Morgan fingerprint density at radius 3 is 3.00 bits per heavy atom. The van der Waals surface area contributed by atoms with E-state index < -0.39 is 0 Å². The highest BCUT2D eigenvalue weighted by molar-refractivity contribution is 7.16. The van der Waals surface area contributed by atoms with Gasteiger partial charge in [-0.05, 0) is 32.0 Å². The Bertz CT molecular complexity index is 770. The van der Waals surface area contributed by atoms with Gasteiger partial charge in [-0.3, -0.25) is 14.2 Å². The molecule has 22 heavy (non-hydrogen) atoms. The Labute approximate surface area is 137 Å². The molecule has 1 aromatic carbocycles.